The Hall–Kier alpha value is -1.84. The van der Waals surface area contributed by atoms with Crippen LogP contribution >= 0.6 is 22.9 Å². The summed E-state index contributed by atoms with van der Waals surface area (Å²) in [6.07, 6.45) is 0. The van der Waals surface area contributed by atoms with E-state index in [1.807, 2.05) is 42.5 Å². The predicted octanol–water partition coefficient (Wildman–Crippen LogP) is 4.68. The van der Waals surface area contributed by atoms with E-state index in [0.29, 0.717) is 11.1 Å². The highest BCUT2D eigenvalue weighted by molar-refractivity contribution is 7.21. The zero-order chi connectivity index (χ0) is 14.8. The lowest BCUT2D eigenvalue weighted by molar-refractivity contribution is 0.412. The van der Waals surface area contributed by atoms with Crippen LogP contribution in [0.25, 0.3) is 20.5 Å². The average Bonchev–Trinajstić information content (AvgIpc) is 2.54. The van der Waals surface area contributed by atoms with Gasteiger partial charge < -0.3 is 4.74 Å². The van der Waals surface area contributed by atoms with Crippen LogP contribution in [-0.2, 0) is 5.88 Å². The smallest absolute Gasteiger partial charge is 0.189 e. The van der Waals surface area contributed by atoms with Gasteiger partial charge in [-0.1, -0.05) is 30.3 Å². The van der Waals surface area contributed by atoms with Crippen molar-refractivity contribution in [3.8, 4) is 16.2 Å². The van der Waals surface area contributed by atoms with Crippen molar-refractivity contribution in [1.82, 2.24) is 0 Å². The van der Waals surface area contributed by atoms with Gasteiger partial charge in [0, 0.05) is 26.6 Å². The molecule has 0 unspecified atom stereocenters. The third kappa shape index (κ3) is 2.55. The van der Waals surface area contributed by atoms with E-state index in [0.717, 1.165) is 20.7 Å². The summed E-state index contributed by atoms with van der Waals surface area (Å²) in [6, 6.07) is 15.4. The molecule has 2 nitrogen and oxygen atoms in total. The molecule has 0 saturated carbocycles. The van der Waals surface area contributed by atoms with Gasteiger partial charge in [0.2, 0.25) is 0 Å². The van der Waals surface area contributed by atoms with E-state index in [1.54, 1.807) is 24.5 Å². The van der Waals surface area contributed by atoms with Crippen molar-refractivity contribution >= 4 is 33.0 Å². The van der Waals surface area contributed by atoms with E-state index in [2.05, 4.69) is 0 Å². The first-order valence-corrected chi connectivity index (χ1v) is 7.85. The Balaban J connectivity index is 2.30. The van der Waals surface area contributed by atoms with E-state index in [4.69, 9.17) is 16.3 Å². The number of hydrogen-bond acceptors (Lipinski definition) is 3. The van der Waals surface area contributed by atoms with Crippen LogP contribution < -0.4 is 10.2 Å². The first-order valence-electron chi connectivity index (χ1n) is 6.49. The van der Waals surface area contributed by atoms with E-state index < -0.39 is 0 Å². The van der Waals surface area contributed by atoms with Crippen molar-refractivity contribution in [1.29, 1.82) is 0 Å². The molecule has 0 radical (unpaired) electrons. The maximum atomic E-state index is 12.5. The number of halogens is 1. The third-order valence-corrected chi connectivity index (χ3v) is 4.77. The van der Waals surface area contributed by atoms with Crippen LogP contribution in [0, 0.1) is 0 Å². The summed E-state index contributed by atoms with van der Waals surface area (Å²) in [6.45, 7) is 0. The zero-order valence-electron chi connectivity index (χ0n) is 11.4. The van der Waals surface area contributed by atoms with Gasteiger partial charge in [-0.2, -0.15) is 0 Å². The van der Waals surface area contributed by atoms with Gasteiger partial charge in [0.15, 0.2) is 5.43 Å². The molecule has 0 N–H and O–H groups in total. The Kier molecular flexibility index (Phi) is 3.95. The molecule has 3 rings (SSSR count). The Bertz CT molecular complexity index is 841. The second-order valence-corrected chi connectivity index (χ2v) is 5.95. The fraction of sp³-hybridized carbons (Fsp3) is 0.118. The van der Waals surface area contributed by atoms with Crippen molar-refractivity contribution in [3.63, 3.8) is 0 Å². The van der Waals surface area contributed by atoms with Gasteiger partial charge in [-0.25, -0.2) is 0 Å². The molecule has 0 spiro atoms. The molecule has 0 aliphatic heterocycles. The number of benzene rings is 2. The molecule has 4 heteroatoms. The minimum absolute atomic E-state index is 0.0165. The van der Waals surface area contributed by atoms with Crippen LogP contribution in [0.2, 0.25) is 0 Å². The van der Waals surface area contributed by atoms with Crippen molar-refractivity contribution < 1.29 is 4.74 Å². The van der Waals surface area contributed by atoms with Crippen molar-refractivity contribution in [2.24, 2.45) is 0 Å². The molecular weight excluding hydrogens is 304 g/mol. The molecule has 0 aliphatic carbocycles. The van der Waals surface area contributed by atoms with E-state index in [1.165, 1.54) is 0 Å². The van der Waals surface area contributed by atoms with E-state index >= 15 is 0 Å². The monoisotopic (exact) mass is 316 g/mol. The number of fused-ring (bicyclic) bond motifs is 1. The fourth-order valence-corrected chi connectivity index (χ4v) is 3.75. The average molecular weight is 317 g/mol. The van der Waals surface area contributed by atoms with Crippen molar-refractivity contribution in [2.45, 2.75) is 5.88 Å². The largest absolute Gasteiger partial charge is 0.496 e. The highest BCUT2D eigenvalue weighted by Crippen LogP contribution is 2.33. The Labute approximate surface area is 131 Å². The molecule has 0 amide bonds. The molecule has 106 valence electrons. The number of hydrogen-bond donors (Lipinski definition) is 0. The van der Waals surface area contributed by atoms with Crippen LogP contribution in [0.3, 0.4) is 0 Å². The Morgan fingerprint density at radius 2 is 1.90 bits per heavy atom. The summed E-state index contributed by atoms with van der Waals surface area (Å²) in [4.78, 5) is 13.5. The second kappa shape index (κ2) is 5.88. The first kappa shape index (κ1) is 14.1. The molecule has 3 aromatic rings. The summed E-state index contributed by atoms with van der Waals surface area (Å²) in [5.74, 6) is 0.918. The van der Waals surface area contributed by atoms with Crippen LogP contribution in [0.5, 0.6) is 5.75 Å². The topological polar surface area (TPSA) is 26.3 Å². The molecule has 0 saturated heterocycles. The normalized spacial score (nSPS) is 10.8. The molecular formula is C17H13ClO2S. The standard InChI is InChI=1S/C17H13ClO2S/c1-20-14-7-8-15-17(12(14)10-18)13(19)9-16(21-15)11-5-3-2-4-6-11/h2-9H,10H2,1H3. The summed E-state index contributed by atoms with van der Waals surface area (Å²) in [5.41, 5.74) is 1.79. The minimum atomic E-state index is -0.0165. The van der Waals surface area contributed by atoms with Crippen LogP contribution in [0.15, 0.2) is 53.3 Å². The summed E-state index contributed by atoms with van der Waals surface area (Å²) in [7, 11) is 1.59. The second-order valence-electron chi connectivity index (χ2n) is 4.59. The summed E-state index contributed by atoms with van der Waals surface area (Å²) >= 11 is 7.59. The number of ether oxygens (including phenoxy) is 1. The number of methoxy groups -OCH3 is 1. The lowest BCUT2D eigenvalue weighted by atomic mass is 10.1. The Morgan fingerprint density at radius 3 is 2.57 bits per heavy atom. The van der Waals surface area contributed by atoms with E-state index in [-0.39, 0.29) is 11.3 Å². The highest BCUT2D eigenvalue weighted by Gasteiger charge is 2.12. The van der Waals surface area contributed by atoms with Gasteiger partial charge in [-0.15, -0.1) is 22.9 Å². The molecule has 21 heavy (non-hydrogen) atoms. The van der Waals surface area contributed by atoms with Crippen molar-refractivity contribution in [3.05, 3.63) is 64.3 Å². The SMILES string of the molecule is COc1ccc2sc(-c3ccccc3)cc(=O)c2c1CCl. The fourth-order valence-electron chi connectivity index (χ4n) is 2.37. The maximum absolute atomic E-state index is 12.5. The number of rotatable bonds is 3. The van der Waals surface area contributed by atoms with Gasteiger partial charge >= 0.3 is 0 Å². The van der Waals surface area contributed by atoms with Crippen LogP contribution in [0.1, 0.15) is 5.56 Å². The highest BCUT2D eigenvalue weighted by atomic mass is 35.5. The van der Waals surface area contributed by atoms with Crippen LogP contribution in [0.4, 0.5) is 0 Å². The third-order valence-electron chi connectivity index (χ3n) is 3.37. The van der Waals surface area contributed by atoms with Crippen molar-refractivity contribution in [2.75, 3.05) is 7.11 Å². The zero-order valence-corrected chi connectivity index (χ0v) is 13.0. The van der Waals surface area contributed by atoms with E-state index in [9.17, 15) is 4.79 Å². The lowest BCUT2D eigenvalue weighted by Crippen LogP contribution is -2.03. The molecule has 2 aromatic carbocycles. The quantitative estimate of drug-likeness (QED) is 0.656. The first-order chi connectivity index (χ1) is 10.2. The molecule has 0 aliphatic rings. The number of alkyl halides is 1. The lowest BCUT2D eigenvalue weighted by Gasteiger charge is -2.10. The molecule has 1 aromatic heterocycles. The van der Waals surface area contributed by atoms with Gasteiger partial charge in [-0.3, -0.25) is 4.79 Å². The summed E-state index contributed by atoms with van der Waals surface area (Å²) < 4.78 is 6.22. The molecule has 0 fully saturated rings. The predicted molar refractivity (Wildman–Crippen MR) is 89.6 cm³/mol. The molecule has 0 atom stereocenters. The Morgan fingerprint density at radius 1 is 1.14 bits per heavy atom. The minimum Gasteiger partial charge on any atom is -0.496 e. The molecule has 0 bridgehead atoms. The van der Waals surface area contributed by atoms with Gasteiger partial charge in [-0.05, 0) is 17.7 Å². The maximum Gasteiger partial charge on any atom is 0.189 e. The van der Waals surface area contributed by atoms with Gasteiger partial charge in [0.05, 0.1) is 13.0 Å². The van der Waals surface area contributed by atoms with Gasteiger partial charge in [0.1, 0.15) is 5.75 Å². The van der Waals surface area contributed by atoms with Crippen LogP contribution in [-0.4, -0.2) is 7.11 Å². The summed E-state index contributed by atoms with van der Waals surface area (Å²) in [5, 5.41) is 0.661. The van der Waals surface area contributed by atoms with Gasteiger partial charge in [0.25, 0.3) is 0 Å². The molecule has 1 heterocycles.